The van der Waals surface area contributed by atoms with E-state index >= 15 is 0 Å². The van der Waals surface area contributed by atoms with E-state index in [2.05, 4.69) is 5.32 Å². The van der Waals surface area contributed by atoms with Crippen LogP contribution in [0.15, 0.2) is 48.5 Å². The number of carbonyl (C=O) groups is 1. The molecule has 2 aromatic rings. The highest BCUT2D eigenvalue weighted by Gasteiger charge is 2.13. The molecule has 0 spiro atoms. The van der Waals surface area contributed by atoms with Crippen LogP contribution in [0.1, 0.15) is 12.0 Å². The lowest BCUT2D eigenvalue weighted by molar-refractivity contribution is -0.118. The Bertz CT molecular complexity index is 643. The molecular formula is C18H23ClN2O3. The van der Waals surface area contributed by atoms with Crippen LogP contribution in [0.25, 0.3) is 0 Å². The van der Waals surface area contributed by atoms with Crippen molar-refractivity contribution in [1.29, 1.82) is 0 Å². The molecule has 3 N–H and O–H groups in total. The number of benzene rings is 2. The number of nitrogens with one attached hydrogen (secondary N) is 1. The molecule has 0 aliphatic carbocycles. The molecule has 2 aromatic carbocycles. The molecule has 1 amide bonds. The first kappa shape index (κ1) is 20.0. The number of hydrogen-bond acceptors (Lipinski definition) is 4. The largest absolute Gasteiger partial charge is 0.455 e. The number of carbonyl (C=O) groups excluding carboxylic acids is 1. The Morgan fingerprint density at radius 2 is 1.83 bits per heavy atom. The van der Waals surface area contributed by atoms with Gasteiger partial charge in [0, 0.05) is 13.7 Å². The molecule has 0 aliphatic heterocycles. The van der Waals surface area contributed by atoms with Gasteiger partial charge in [0.25, 0.3) is 0 Å². The van der Waals surface area contributed by atoms with E-state index in [1.165, 1.54) is 0 Å². The second kappa shape index (κ2) is 9.93. The SMILES string of the molecule is COC(CN)CC(=O)Nc1ccccc1Oc1ccc(C)cc1.Cl. The van der Waals surface area contributed by atoms with Crippen LogP contribution in [0, 0.1) is 6.92 Å². The fraction of sp³-hybridized carbons (Fsp3) is 0.278. The van der Waals surface area contributed by atoms with Crippen LogP contribution < -0.4 is 15.8 Å². The highest BCUT2D eigenvalue weighted by atomic mass is 35.5. The number of methoxy groups -OCH3 is 1. The Labute approximate surface area is 148 Å². The van der Waals surface area contributed by atoms with Crippen LogP contribution in [0.4, 0.5) is 5.69 Å². The number of amides is 1. The normalized spacial score (nSPS) is 11.3. The molecule has 0 heterocycles. The molecule has 0 saturated heterocycles. The Morgan fingerprint density at radius 3 is 2.46 bits per heavy atom. The zero-order valence-corrected chi connectivity index (χ0v) is 14.6. The first-order valence-electron chi connectivity index (χ1n) is 7.48. The van der Waals surface area contributed by atoms with Crippen molar-refractivity contribution in [3.8, 4) is 11.5 Å². The van der Waals surface area contributed by atoms with E-state index in [0.717, 1.165) is 5.56 Å². The van der Waals surface area contributed by atoms with Crippen molar-refractivity contribution >= 4 is 24.0 Å². The van der Waals surface area contributed by atoms with Crippen molar-refractivity contribution in [2.24, 2.45) is 5.73 Å². The molecule has 0 bridgehead atoms. The highest BCUT2D eigenvalue weighted by Crippen LogP contribution is 2.29. The molecular weight excluding hydrogens is 328 g/mol. The summed E-state index contributed by atoms with van der Waals surface area (Å²) in [6, 6.07) is 15.0. The molecule has 0 aromatic heterocycles. The number of nitrogens with two attached hydrogens (primary N) is 1. The van der Waals surface area contributed by atoms with Crippen molar-refractivity contribution < 1.29 is 14.3 Å². The van der Waals surface area contributed by atoms with Crippen LogP contribution in [-0.4, -0.2) is 25.7 Å². The van der Waals surface area contributed by atoms with Crippen molar-refractivity contribution in [1.82, 2.24) is 0 Å². The average molecular weight is 351 g/mol. The smallest absolute Gasteiger partial charge is 0.227 e. The molecule has 5 nitrogen and oxygen atoms in total. The van der Waals surface area contributed by atoms with Gasteiger partial charge in [-0.3, -0.25) is 4.79 Å². The Morgan fingerprint density at radius 1 is 1.17 bits per heavy atom. The van der Waals surface area contributed by atoms with Gasteiger partial charge in [-0.2, -0.15) is 0 Å². The van der Waals surface area contributed by atoms with Gasteiger partial charge in [0.1, 0.15) is 5.75 Å². The summed E-state index contributed by atoms with van der Waals surface area (Å²) in [5, 5.41) is 2.84. The minimum Gasteiger partial charge on any atom is -0.455 e. The third-order valence-electron chi connectivity index (χ3n) is 3.42. The first-order valence-corrected chi connectivity index (χ1v) is 7.48. The third-order valence-corrected chi connectivity index (χ3v) is 3.42. The monoisotopic (exact) mass is 350 g/mol. The van der Waals surface area contributed by atoms with E-state index < -0.39 is 0 Å². The lowest BCUT2D eigenvalue weighted by Crippen LogP contribution is -2.28. The predicted molar refractivity (Wildman–Crippen MR) is 98.0 cm³/mol. The van der Waals surface area contributed by atoms with Crippen LogP contribution in [-0.2, 0) is 9.53 Å². The van der Waals surface area contributed by atoms with Gasteiger partial charge in [0.15, 0.2) is 5.75 Å². The summed E-state index contributed by atoms with van der Waals surface area (Å²) in [6.45, 7) is 2.31. The first-order chi connectivity index (χ1) is 11.1. The van der Waals surface area contributed by atoms with E-state index in [1.807, 2.05) is 49.4 Å². The minimum atomic E-state index is -0.292. The molecule has 130 valence electrons. The van der Waals surface area contributed by atoms with Crippen LogP contribution >= 0.6 is 12.4 Å². The zero-order chi connectivity index (χ0) is 16.7. The number of rotatable bonds is 7. The van der Waals surface area contributed by atoms with Gasteiger partial charge in [0.05, 0.1) is 18.2 Å². The van der Waals surface area contributed by atoms with Gasteiger partial charge in [-0.25, -0.2) is 0 Å². The molecule has 1 atom stereocenters. The molecule has 0 radical (unpaired) electrons. The zero-order valence-electron chi connectivity index (χ0n) is 13.8. The van der Waals surface area contributed by atoms with Gasteiger partial charge >= 0.3 is 0 Å². The Hall–Kier alpha value is -2.08. The Kier molecular flexibility index (Phi) is 8.26. The molecule has 1 unspecified atom stereocenters. The van der Waals surface area contributed by atoms with Gasteiger partial charge in [0.2, 0.25) is 5.91 Å². The number of anilines is 1. The molecule has 0 aliphatic rings. The summed E-state index contributed by atoms with van der Waals surface area (Å²) >= 11 is 0. The maximum Gasteiger partial charge on any atom is 0.227 e. The van der Waals surface area contributed by atoms with Gasteiger partial charge in [-0.1, -0.05) is 29.8 Å². The van der Waals surface area contributed by atoms with E-state index in [1.54, 1.807) is 13.2 Å². The van der Waals surface area contributed by atoms with Gasteiger partial charge in [-0.15, -0.1) is 12.4 Å². The van der Waals surface area contributed by atoms with Crippen LogP contribution in [0.5, 0.6) is 11.5 Å². The van der Waals surface area contributed by atoms with Crippen LogP contribution in [0.3, 0.4) is 0 Å². The Balaban J connectivity index is 0.00000288. The lowest BCUT2D eigenvalue weighted by atomic mass is 10.2. The van der Waals surface area contributed by atoms with Crippen molar-refractivity contribution in [2.75, 3.05) is 19.0 Å². The number of ether oxygens (including phenoxy) is 2. The van der Waals surface area contributed by atoms with Crippen molar-refractivity contribution in [2.45, 2.75) is 19.4 Å². The van der Waals surface area contributed by atoms with Crippen molar-refractivity contribution in [3.05, 3.63) is 54.1 Å². The maximum atomic E-state index is 12.1. The number of halogens is 1. The predicted octanol–water partition coefficient (Wildman–Crippen LogP) is 3.51. The highest BCUT2D eigenvalue weighted by molar-refractivity contribution is 5.92. The number of aryl methyl sites for hydroxylation is 1. The molecule has 2 rings (SSSR count). The third kappa shape index (κ3) is 5.85. The van der Waals surface area contributed by atoms with Crippen LogP contribution in [0.2, 0.25) is 0 Å². The molecule has 24 heavy (non-hydrogen) atoms. The lowest BCUT2D eigenvalue weighted by Gasteiger charge is -2.15. The van der Waals surface area contributed by atoms with E-state index in [9.17, 15) is 4.79 Å². The van der Waals surface area contributed by atoms with Gasteiger partial charge in [-0.05, 0) is 31.2 Å². The minimum absolute atomic E-state index is 0. The summed E-state index contributed by atoms with van der Waals surface area (Å²) in [7, 11) is 1.54. The van der Waals surface area contributed by atoms with E-state index in [0.29, 0.717) is 23.7 Å². The maximum absolute atomic E-state index is 12.1. The summed E-state index contributed by atoms with van der Waals surface area (Å²) in [5.41, 5.74) is 7.31. The second-order valence-electron chi connectivity index (χ2n) is 5.26. The van der Waals surface area contributed by atoms with Gasteiger partial charge < -0.3 is 20.5 Å². The fourth-order valence-electron chi connectivity index (χ4n) is 2.06. The fourth-order valence-corrected chi connectivity index (χ4v) is 2.06. The molecule has 0 fully saturated rings. The summed E-state index contributed by atoms with van der Waals surface area (Å²) in [5.74, 6) is 1.14. The molecule has 0 saturated carbocycles. The standard InChI is InChI=1S/C18H22N2O3.ClH/c1-13-7-9-14(10-8-13)23-17-6-4-3-5-16(17)20-18(21)11-15(12-19)22-2;/h3-10,15H,11-12,19H2,1-2H3,(H,20,21);1H. The van der Waals surface area contributed by atoms with E-state index in [4.69, 9.17) is 15.2 Å². The topological polar surface area (TPSA) is 73.6 Å². The average Bonchev–Trinajstić information content (AvgIpc) is 2.56. The quantitative estimate of drug-likeness (QED) is 0.801. The number of hydrogen-bond donors (Lipinski definition) is 2. The number of para-hydroxylation sites is 2. The van der Waals surface area contributed by atoms with Crippen molar-refractivity contribution in [3.63, 3.8) is 0 Å². The second-order valence-corrected chi connectivity index (χ2v) is 5.26. The summed E-state index contributed by atoms with van der Waals surface area (Å²) in [4.78, 5) is 12.1. The molecule has 6 heteroatoms. The summed E-state index contributed by atoms with van der Waals surface area (Å²) in [6.07, 6.45) is -0.0912. The van der Waals surface area contributed by atoms with E-state index in [-0.39, 0.29) is 30.8 Å². The summed E-state index contributed by atoms with van der Waals surface area (Å²) < 4.78 is 11.0.